The highest BCUT2D eigenvalue weighted by Crippen LogP contribution is 2.40. The summed E-state index contributed by atoms with van der Waals surface area (Å²) in [6.07, 6.45) is 2.56. The SMILES string of the molecule is COC(=O)c1ccc(CCC[C@@H]2[C@@H](COc3cc(Cl)cc(COC(C)=O)c3)[C@H](O)C[C@H]2Cl)s1. The van der Waals surface area contributed by atoms with Gasteiger partial charge in [0.1, 0.15) is 17.2 Å². The lowest BCUT2D eigenvalue weighted by Crippen LogP contribution is -2.27. The number of carbonyl (C=O) groups is 2. The number of halogens is 2. The van der Waals surface area contributed by atoms with Crippen LogP contribution >= 0.6 is 34.5 Å². The van der Waals surface area contributed by atoms with Crippen molar-refractivity contribution in [1.29, 1.82) is 0 Å². The first kappa shape index (κ1) is 25.8. The van der Waals surface area contributed by atoms with E-state index in [1.54, 1.807) is 24.3 Å². The molecule has 1 aromatic carbocycles. The van der Waals surface area contributed by atoms with E-state index < -0.39 is 6.10 Å². The second kappa shape index (κ2) is 12.1. The molecule has 1 aliphatic rings. The molecule has 33 heavy (non-hydrogen) atoms. The number of thiophene rings is 1. The Balaban J connectivity index is 1.56. The van der Waals surface area contributed by atoms with Crippen LogP contribution in [0.25, 0.3) is 0 Å². The van der Waals surface area contributed by atoms with E-state index in [0.717, 1.165) is 29.7 Å². The third-order valence-corrected chi connectivity index (χ3v) is 7.65. The summed E-state index contributed by atoms with van der Waals surface area (Å²) < 4.78 is 15.8. The van der Waals surface area contributed by atoms with Gasteiger partial charge >= 0.3 is 11.9 Å². The fourth-order valence-electron chi connectivity index (χ4n) is 4.16. The minimum atomic E-state index is -0.537. The molecule has 3 rings (SSSR count). The number of rotatable bonds is 10. The molecule has 2 aromatic rings. The van der Waals surface area contributed by atoms with Crippen LogP contribution in [0, 0.1) is 11.8 Å². The third kappa shape index (κ3) is 7.34. The summed E-state index contributed by atoms with van der Waals surface area (Å²) in [6.45, 7) is 1.78. The maximum absolute atomic E-state index is 11.6. The maximum atomic E-state index is 11.6. The summed E-state index contributed by atoms with van der Waals surface area (Å²) in [5.74, 6) is -0.117. The van der Waals surface area contributed by atoms with E-state index >= 15 is 0 Å². The molecule has 0 unspecified atom stereocenters. The normalized spacial score (nSPS) is 22.2. The first-order valence-electron chi connectivity index (χ1n) is 10.8. The summed E-state index contributed by atoms with van der Waals surface area (Å²) >= 11 is 14.2. The number of alkyl halides is 1. The van der Waals surface area contributed by atoms with Gasteiger partial charge in [-0.05, 0) is 67.5 Å². The van der Waals surface area contributed by atoms with Gasteiger partial charge in [0.15, 0.2) is 0 Å². The van der Waals surface area contributed by atoms with Gasteiger partial charge in [0.05, 0.1) is 19.8 Å². The molecule has 1 heterocycles. The number of aliphatic hydroxyl groups excluding tert-OH is 1. The number of carbonyl (C=O) groups excluding carboxylic acids is 2. The molecule has 180 valence electrons. The van der Waals surface area contributed by atoms with Crippen molar-refractivity contribution in [2.75, 3.05) is 13.7 Å². The summed E-state index contributed by atoms with van der Waals surface area (Å²) in [5.41, 5.74) is 0.730. The van der Waals surface area contributed by atoms with Gasteiger partial charge in [-0.3, -0.25) is 4.79 Å². The maximum Gasteiger partial charge on any atom is 0.348 e. The van der Waals surface area contributed by atoms with Crippen molar-refractivity contribution in [2.24, 2.45) is 11.8 Å². The van der Waals surface area contributed by atoms with Crippen LogP contribution in [0.3, 0.4) is 0 Å². The van der Waals surface area contributed by atoms with Gasteiger partial charge in [-0.15, -0.1) is 22.9 Å². The van der Waals surface area contributed by atoms with E-state index in [-0.39, 0.29) is 35.8 Å². The van der Waals surface area contributed by atoms with E-state index in [0.29, 0.717) is 28.7 Å². The lowest BCUT2D eigenvalue weighted by Gasteiger charge is -2.24. The molecule has 1 N–H and O–H groups in total. The van der Waals surface area contributed by atoms with Crippen LogP contribution in [0.1, 0.15) is 46.3 Å². The van der Waals surface area contributed by atoms with Gasteiger partial charge in [0.25, 0.3) is 0 Å². The minimum Gasteiger partial charge on any atom is -0.493 e. The topological polar surface area (TPSA) is 82.1 Å². The van der Waals surface area contributed by atoms with E-state index in [1.165, 1.54) is 25.4 Å². The van der Waals surface area contributed by atoms with Gasteiger partial charge in [0, 0.05) is 28.1 Å². The van der Waals surface area contributed by atoms with Crippen molar-refractivity contribution in [2.45, 2.75) is 50.7 Å². The van der Waals surface area contributed by atoms with E-state index in [9.17, 15) is 14.7 Å². The Morgan fingerprint density at radius 2 is 2.00 bits per heavy atom. The highest BCUT2D eigenvalue weighted by Gasteiger charge is 2.41. The van der Waals surface area contributed by atoms with Crippen molar-refractivity contribution < 1.29 is 28.9 Å². The quantitative estimate of drug-likeness (QED) is 0.344. The predicted molar refractivity (Wildman–Crippen MR) is 128 cm³/mol. The number of hydrogen-bond acceptors (Lipinski definition) is 7. The Labute approximate surface area is 207 Å². The molecule has 1 saturated carbocycles. The van der Waals surface area contributed by atoms with Gasteiger partial charge in [0.2, 0.25) is 0 Å². The highest BCUT2D eigenvalue weighted by atomic mass is 35.5. The largest absolute Gasteiger partial charge is 0.493 e. The predicted octanol–water partition coefficient (Wildman–Crippen LogP) is 5.26. The summed E-state index contributed by atoms with van der Waals surface area (Å²) in [5, 5.41) is 10.9. The number of aryl methyl sites for hydroxylation is 1. The Bertz CT molecular complexity index is 962. The number of esters is 2. The van der Waals surface area contributed by atoms with Crippen molar-refractivity contribution in [3.63, 3.8) is 0 Å². The lowest BCUT2D eigenvalue weighted by molar-refractivity contribution is -0.142. The van der Waals surface area contributed by atoms with Crippen LogP contribution in [0.2, 0.25) is 5.02 Å². The second-order valence-corrected chi connectivity index (χ2v) is 10.3. The van der Waals surface area contributed by atoms with Gasteiger partial charge in [-0.1, -0.05) is 11.6 Å². The molecule has 1 aliphatic carbocycles. The van der Waals surface area contributed by atoms with E-state index in [2.05, 4.69) is 0 Å². The van der Waals surface area contributed by atoms with Crippen molar-refractivity contribution in [1.82, 2.24) is 0 Å². The van der Waals surface area contributed by atoms with E-state index in [4.69, 9.17) is 37.4 Å². The molecule has 1 aromatic heterocycles. The first-order valence-corrected chi connectivity index (χ1v) is 12.4. The Morgan fingerprint density at radius 3 is 2.73 bits per heavy atom. The zero-order valence-corrected chi connectivity index (χ0v) is 20.9. The van der Waals surface area contributed by atoms with Gasteiger partial charge in [-0.2, -0.15) is 0 Å². The number of hydrogen-bond donors (Lipinski definition) is 1. The zero-order chi connectivity index (χ0) is 24.0. The summed E-state index contributed by atoms with van der Waals surface area (Å²) in [6, 6.07) is 8.93. The number of benzene rings is 1. The average Bonchev–Trinajstić information content (AvgIpc) is 3.34. The standard InChI is InChI=1S/C24H28Cl2O6S/c1-14(27)31-12-15-8-16(25)10-17(9-15)32-13-20-19(21(26)11-22(20)28)5-3-4-18-6-7-23(33-18)24(29)30-2/h6-10,19-22,28H,3-5,11-13H2,1-2H3/t19-,20-,21-,22-/m1/s1. The highest BCUT2D eigenvalue weighted by molar-refractivity contribution is 7.13. The Kier molecular flexibility index (Phi) is 9.44. The molecule has 0 bridgehead atoms. The monoisotopic (exact) mass is 514 g/mol. The number of ether oxygens (including phenoxy) is 3. The number of aliphatic hydroxyl groups is 1. The molecule has 9 heteroatoms. The molecule has 0 radical (unpaired) electrons. The Hall–Kier alpha value is -1.80. The van der Waals surface area contributed by atoms with Crippen molar-refractivity contribution in [3.8, 4) is 5.75 Å². The molecule has 4 atom stereocenters. The minimum absolute atomic E-state index is 0.0997. The first-order chi connectivity index (χ1) is 15.8. The molecule has 6 nitrogen and oxygen atoms in total. The smallest absolute Gasteiger partial charge is 0.348 e. The van der Waals surface area contributed by atoms with Crippen LogP contribution in [-0.4, -0.2) is 42.2 Å². The molecule has 1 fully saturated rings. The van der Waals surface area contributed by atoms with Crippen LogP contribution < -0.4 is 4.74 Å². The fraction of sp³-hybridized carbons (Fsp3) is 0.500. The van der Waals surface area contributed by atoms with Crippen LogP contribution in [0.4, 0.5) is 0 Å². The third-order valence-electron chi connectivity index (χ3n) is 5.80. The number of methoxy groups -OCH3 is 1. The molecule has 0 spiro atoms. The molecular formula is C24H28Cl2O6S. The summed E-state index contributed by atoms with van der Waals surface area (Å²) in [7, 11) is 1.38. The van der Waals surface area contributed by atoms with Crippen LogP contribution in [0.5, 0.6) is 5.75 Å². The van der Waals surface area contributed by atoms with Crippen LogP contribution in [0.15, 0.2) is 30.3 Å². The second-order valence-electron chi connectivity index (χ2n) is 8.18. The van der Waals surface area contributed by atoms with Gasteiger partial charge in [-0.25, -0.2) is 4.79 Å². The van der Waals surface area contributed by atoms with Crippen molar-refractivity contribution >= 4 is 46.5 Å². The van der Waals surface area contributed by atoms with Crippen molar-refractivity contribution in [3.05, 3.63) is 50.7 Å². The van der Waals surface area contributed by atoms with E-state index in [1.807, 2.05) is 6.07 Å². The van der Waals surface area contributed by atoms with Crippen LogP contribution in [-0.2, 0) is 27.3 Å². The molecule has 0 aliphatic heterocycles. The lowest BCUT2D eigenvalue weighted by atomic mass is 9.90. The Morgan fingerprint density at radius 1 is 1.21 bits per heavy atom. The zero-order valence-electron chi connectivity index (χ0n) is 18.6. The average molecular weight is 515 g/mol. The van der Waals surface area contributed by atoms with Gasteiger partial charge < -0.3 is 19.3 Å². The fourth-order valence-corrected chi connectivity index (χ4v) is 5.87. The molecule has 0 amide bonds. The molecule has 0 saturated heterocycles. The molecular weight excluding hydrogens is 487 g/mol. The summed E-state index contributed by atoms with van der Waals surface area (Å²) in [4.78, 5) is 24.4.